The highest BCUT2D eigenvalue weighted by Crippen LogP contribution is 2.20. The van der Waals surface area contributed by atoms with E-state index in [1.807, 2.05) is 6.92 Å². The number of rotatable bonds is 4. The number of carbonyl (C=O) groups is 2. The zero-order chi connectivity index (χ0) is 17.8. The van der Waals surface area contributed by atoms with Crippen molar-refractivity contribution in [3.8, 4) is 5.69 Å². The minimum Gasteiger partial charge on any atom is -0.465 e. The maximum absolute atomic E-state index is 12.6. The standard InChI is InChI=1S/C17H15N5O3/c1-11-6-7-15(14(8-11)17(24)25-2)19-16(23)12-4-3-5-13(9-12)22-10-18-20-21-22/h3-10H,1-2H3,(H,19,23). The molecule has 25 heavy (non-hydrogen) atoms. The van der Waals surface area contributed by atoms with Gasteiger partial charge in [-0.15, -0.1) is 5.10 Å². The number of methoxy groups -OCH3 is 1. The molecule has 8 nitrogen and oxygen atoms in total. The predicted molar refractivity (Wildman–Crippen MR) is 89.6 cm³/mol. The highest BCUT2D eigenvalue weighted by molar-refractivity contribution is 6.08. The smallest absolute Gasteiger partial charge is 0.339 e. The summed E-state index contributed by atoms with van der Waals surface area (Å²) in [6.45, 7) is 1.85. The first-order chi connectivity index (χ1) is 12.1. The van der Waals surface area contributed by atoms with Crippen LogP contribution in [0.15, 0.2) is 48.8 Å². The number of carbonyl (C=O) groups excluding carboxylic acids is 2. The number of anilines is 1. The summed E-state index contributed by atoms with van der Waals surface area (Å²) in [5.41, 5.74) is 2.63. The first kappa shape index (κ1) is 16.3. The number of aryl methyl sites for hydroxylation is 1. The second-order valence-corrected chi connectivity index (χ2v) is 5.30. The minimum absolute atomic E-state index is 0.299. The summed E-state index contributed by atoms with van der Waals surface area (Å²) in [4.78, 5) is 24.5. The predicted octanol–water partition coefficient (Wildman–Crippen LogP) is 2.01. The molecule has 0 atom stereocenters. The number of benzene rings is 2. The van der Waals surface area contributed by atoms with Gasteiger partial charge in [0.2, 0.25) is 0 Å². The average Bonchev–Trinajstić information content (AvgIpc) is 3.17. The van der Waals surface area contributed by atoms with Crippen LogP contribution in [0.2, 0.25) is 0 Å². The van der Waals surface area contributed by atoms with Crippen molar-refractivity contribution in [3.63, 3.8) is 0 Å². The van der Waals surface area contributed by atoms with E-state index in [4.69, 9.17) is 4.74 Å². The third kappa shape index (κ3) is 3.52. The van der Waals surface area contributed by atoms with Gasteiger partial charge in [-0.05, 0) is 47.7 Å². The Bertz CT molecular complexity index is 922. The lowest BCUT2D eigenvalue weighted by atomic mass is 10.1. The lowest BCUT2D eigenvalue weighted by molar-refractivity contribution is 0.0602. The average molecular weight is 337 g/mol. The van der Waals surface area contributed by atoms with E-state index in [2.05, 4.69) is 20.8 Å². The van der Waals surface area contributed by atoms with Crippen molar-refractivity contribution >= 4 is 17.6 Å². The van der Waals surface area contributed by atoms with Gasteiger partial charge in [-0.1, -0.05) is 17.7 Å². The number of nitrogens with one attached hydrogen (secondary N) is 1. The van der Waals surface area contributed by atoms with Gasteiger partial charge in [-0.25, -0.2) is 9.48 Å². The second kappa shape index (κ2) is 6.91. The third-order valence-corrected chi connectivity index (χ3v) is 3.55. The molecule has 0 aliphatic rings. The molecule has 0 aliphatic heterocycles. The van der Waals surface area contributed by atoms with Crippen molar-refractivity contribution < 1.29 is 14.3 Å². The number of amides is 1. The van der Waals surface area contributed by atoms with Crippen molar-refractivity contribution in [3.05, 3.63) is 65.5 Å². The normalized spacial score (nSPS) is 10.3. The summed E-state index contributed by atoms with van der Waals surface area (Å²) >= 11 is 0. The minimum atomic E-state index is -0.513. The SMILES string of the molecule is COC(=O)c1cc(C)ccc1NC(=O)c1cccc(-n2cnnn2)c1. The number of tetrazole rings is 1. The lowest BCUT2D eigenvalue weighted by Gasteiger charge is -2.11. The third-order valence-electron chi connectivity index (χ3n) is 3.55. The Morgan fingerprint density at radius 2 is 2.00 bits per heavy atom. The summed E-state index contributed by atoms with van der Waals surface area (Å²) in [6.07, 6.45) is 1.44. The van der Waals surface area contributed by atoms with Gasteiger partial charge in [0, 0.05) is 5.56 Å². The molecule has 0 aliphatic carbocycles. The Hall–Kier alpha value is -3.55. The Morgan fingerprint density at radius 3 is 2.72 bits per heavy atom. The second-order valence-electron chi connectivity index (χ2n) is 5.30. The van der Waals surface area contributed by atoms with E-state index in [9.17, 15) is 9.59 Å². The number of nitrogens with zero attached hydrogens (tertiary/aromatic N) is 4. The van der Waals surface area contributed by atoms with Crippen LogP contribution in [0.4, 0.5) is 5.69 Å². The van der Waals surface area contributed by atoms with E-state index in [0.29, 0.717) is 22.5 Å². The van der Waals surface area contributed by atoms with Crippen LogP contribution in [0.5, 0.6) is 0 Å². The van der Waals surface area contributed by atoms with E-state index in [-0.39, 0.29) is 5.91 Å². The molecule has 0 unspecified atom stereocenters. The number of hydrogen-bond donors (Lipinski definition) is 1. The fourth-order valence-electron chi connectivity index (χ4n) is 2.31. The van der Waals surface area contributed by atoms with Crippen LogP contribution in [-0.4, -0.2) is 39.2 Å². The van der Waals surface area contributed by atoms with Crippen LogP contribution in [0.3, 0.4) is 0 Å². The highest BCUT2D eigenvalue weighted by atomic mass is 16.5. The highest BCUT2D eigenvalue weighted by Gasteiger charge is 2.15. The molecular formula is C17H15N5O3. The van der Waals surface area contributed by atoms with Crippen LogP contribution in [-0.2, 0) is 4.74 Å². The fourth-order valence-corrected chi connectivity index (χ4v) is 2.31. The van der Waals surface area contributed by atoms with Gasteiger partial charge in [-0.3, -0.25) is 4.79 Å². The number of ether oxygens (including phenoxy) is 1. The molecule has 2 aromatic carbocycles. The van der Waals surface area contributed by atoms with Crippen molar-refractivity contribution in [1.82, 2.24) is 20.2 Å². The Balaban J connectivity index is 1.88. The molecule has 3 rings (SSSR count). The molecular weight excluding hydrogens is 322 g/mol. The van der Waals surface area contributed by atoms with Crippen molar-refractivity contribution in [2.24, 2.45) is 0 Å². The van der Waals surface area contributed by atoms with Crippen LogP contribution in [0.1, 0.15) is 26.3 Å². The van der Waals surface area contributed by atoms with E-state index < -0.39 is 5.97 Å². The van der Waals surface area contributed by atoms with Crippen LogP contribution in [0.25, 0.3) is 5.69 Å². The van der Waals surface area contributed by atoms with Crippen molar-refractivity contribution in [2.75, 3.05) is 12.4 Å². The van der Waals surface area contributed by atoms with E-state index >= 15 is 0 Å². The van der Waals surface area contributed by atoms with Gasteiger partial charge in [-0.2, -0.15) is 0 Å². The van der Waals surface area contributed by atoms with Gasteiger partial charge in [0.15, 0.2) is 0 Å². The summed E-state index contributed by atoms with van der Waals surface area (Å²) in [5, 5.41) is 13.7. The summed E-state index contributed by atoms with van der Waals surface area (Å²) in [6, 6.07) is 12.0. The molecule has 0 radical (unpaired) electrons. The first-order valence-corrected chi connectivity index (χ1v) is 7.42. The Kier molecular flexibility index (Phi) is 4.51. The largest absolute Gasteiger partial charge is 0.465 e. The van der Waals surface area contributed by atoms with E-state index in [1.54, 1.807) is 42.5 Å². The maximum Gasteiger partial charge on any atom is 0.339 e. The molecule has 1 aromatic heterocycles. The monoisotopic (exact) mass is 337 g/mol. The van der Waals surface area contributed by atoms with Crippen LogP contribution < -0.4 is 5.32 Å². The molecule has 1 heterocycles. The van der Waals surface area contributed by atoms with Gasteiger partial charge in [0.05, 0.1) is 24.0 Å². The van der Waals surface area contributed by atoms with Crippen molar-refractivity contribution in [1.29, 1.82) is 0 Å². The molecule has 3 aromatic rings. The molecule has 0 fully saturated rings. The van der Waals surface area contributed by atoms with E-state index in [1.165, 1.54) is 18.1 Å². The molecule has 1 amide bonds. The number of aromatic nitrogens is 4. The molecule has 126 valence electrons. The summed E-state index contributed by atoms with van der Waals surface area (Å²) < 4.78 is 6.22. The molecule has 1 N–H and O–H groups in total. The molecule has 0 bridgehead atoms. The Labute approximate surface area is 143 Å². The zero-order valence-electron chi connectivity index (χ0n) is 13.6. The van der Waals surface area contributed by atoms with Gasteiger partial charge in [0.1, 0.15) is 6.33 Å². The topological polar surface area (TPSA) is 99.0 Å². The van der Waals surface area contributed by atoms with Gasteiger partial charge in [0.25, 0.3) is 5.91 Å². The molecule has 0 spiro atoms. The van der Waals surface area contributed by atoms with Crippen LogP contribution in [0, 0.1) is 6.92 Å². The van der Waals surface area contributed by atoms with Crippen molar-refractivity contribution in [2.45, 2.75) is 6.92 Å². The van der Waals surface area contributed by atoms with Crippen LogP contribution >= 0.6 is 0 Å². The summed E-state index contributed by atoms with van der Waals surface area (Å²) in [7, 11) is 1.30. The maximum atomic E-state index is 12.6. The molecule has 8 heteroatoms. The zero-order valence-corrected chi connectivity index (χ0v) is 13.6. The lowest BCUT2D eigenvalue weighted by Crippen LogP contribution is -2.16. The van der Waals surface area contributed by atoms with Gasteiger partial charge < -0.3 is 10.1 Å². The van der Waals surface area contributed by atoms with E-state index in [0.717, 1.165) is 5.56 Å². The first-order valence-electron chi connectivity index (χ1n) is 7.42. The summed E-state index contributed by atoms with van der Waals surface area (Å²) in [5.74, 6) is -0.870. The molecule has 0 saturated carbocycles. The van der Waals surface area contributed by atoms with Gasteiger partial charge >= 0.3 is 5.97 Å². The number of hydrogen-bond acceptors (Lipinski definition) is 6. The Morgan fingerprint density at radius 1 is 1.16 bits per heavy atom. The quantitative estimate of drug-likeness (QED) is 0.731. The fraction of sp³-hybridized carbons (Fsp3) is 0.118. The number of esters is 1. The molecule has 0 saturated heterocycles.